The van der Waals surface area contributed by atoms with E-state index in [0.29, 0.717) is 46.1 Å². The van der Waals surface area contributed by atoms with Gasteiger partial charge in [-0.25, -0.2) is 13.1 Å². The molecule has 2 unspecified atom stereocenters. The number of unbranched alkanes of at least 4 members (excludes halogenated alkanes) is 1. The third-order valence-corrected chi connectivity index (χ3v) is 20.8. The minimum Gasteiger partial charge on any atom is -0.371 e. The van der Waals surface area contributed by atoms with Gasteiger partial charge in [0.1, 0.15) is 6.04 Å². The Morgan fingerprint density at radius 3 is 2.21 bits per heavy atom. The molecule has 430 valence electrons. The lowest BCUT2D eigenvalue weighted by Crippen LogP contribution is -2.63. The lowest BCUT2D eigenvalue weighted by atomic mass is 9.31. The molecule has 3 saturated heterocycles. The van der Waals surface area contributed by atoms with E-state index in [0.717, 1.165) is 108 Å². The van der Waals surface area contributed by atoms with Gasteiger partial charge in [-0.15, -0.1) is 12.6 Å². The first kappa shape index (κ1) is 57.7. The highest BCUT2D eigenvalue weighted by Crippen LogP contribution is 2.79. The Balaban J connectivity index is 0.631. The number of piperazine rings is 2. The van der Waals surface area contributed by atoms with Gasteiger partial charge in [0.05, 0.1) is 27.4 Å². The maximum atomic E-state index is 13.6. The molecule has 6 fully saturated rings. The third kappa shape index (κ3) is 12.0. The number of sulfonamides is 1. The predicted molar refractivity (Wildman–Crippen MR) is 317 cm³/mol. The molecule has 2 bridgehead atoms. The van der Waals surface area contributed by atoms with Crippen LogP contribution in [0.25, 0.3) is 0 Å². The van der Waals surface area contributed by atoms with E-state index in [1.807, 2.05) is 24.8 Å². The summed E-state index contributed by atoms with van der Waals surface area (Å²) in [5, 5.41) is 5.49. The number of nitrogens with zero attached hydrogens (tertiary/aromatic N) is 6. The first-order chi connectivity index (χ1) is 38.2. The van der Waals surface area contributed by atoms with Gasteiger partial charge in [0.2, 0.25) is 11.8 Å². The fourth-order valence-corrected chi connectivity index (χ4v) is 15.7. The minimum absolute atomic E-state index is 0.0235. The van der Waals surface area contributed by atoms with Crippen LogP contribution in [0.5, 0.6) is 0 Å². The quantitative estimate of drug-likeness (QED) is 0.0346. The van der Waals surface area contributed by atoms with Gasteiger partial charge >= 0.3 is 0 Å². The molecule has 5 amide bonds. The summed E-state index contributed by atoms with van der Waals surface area (Å²) in [4.78, 5) is 79.4. The zero-order chi connectivity index (χ0) is 56.7. The van der Waals surface area contributed by atoms with E-state index in [2.05, 4.69) is 74.1 Å². The number of carbonyl (C=O) groups excluding carboxylic acids is 5. The van der Waals surface area contributed by atoms with Gasteiger partial charge in [0, 0.05) is 107 Å². The monoisotopic (exact) mass is 1130 g/mol. The summed E-state index contributed by atoms with van der Waals surface area (Å²) in [5.74, 6) is -2.47. The molecule has 8 aliphatic rings. The predicted octanol–water partition coefficient (Wildman–Crippen LogP) is 8.72. The second-order valence-corrected chi connectivity index (χ2v) is 27.2. The number of amides is 5. The van der Waals surface area contributed by atoms with Gasteiger partial charge in [0.15, 0.2) is 0 Å². The normalized spacial score (nSPS) is 24.7. The van der Waals surface area contributed by atoms with Crippen molar-refractivity contribution in [3.8, 4) is 0 Å². The van der Waals surface area contributed by atoms with Crippen molar-refractivity contribution in [3.63, 3.8) is 0 Å². The highest BCUT2D eigenvalue weighted by Gasteiger charge is 2.68. The summed E-state index contributed by atoms with van der Waals surface area (Å²) in [6.45, 7) is 23.6. The van der Waals surface area contributed by atoms with Crippen molar-refractivity contribution < 1.29 is 32.4 Å². The molecule has 3 saturated carbocycles. The fraction of sp³-hybridized carbons (Fsp3) is 0.565. The topological polar surface area (TPSA) is 175 Å². The van der Waals surface area contributed by atoms with Gasteiger partial charge < -0.3 is 30.2 Å². The van der Waals surface area contributed by atoms with E-state index >= 15 is 0 Å². The van der Waals surface area contributed by atoms with Crippen molar-refractivity contribution in [2.45, 2.75) is 139 Å². The maximum absolute atomic E-state index is 13.6. The number of thiol groups is 1. The molecular weight excluding hydrogens is 1050 g/mol. The van der Waals surface area contributed by atoms with Gasteiger partial charge in [-0.3, -0.25) is 33.8 Å². The van der Waals surface area contributed by atoms with Crippen molar-refractivity contribution in [2.75, 3.05) is 94.2 Å². The van der Waals surface area contributed by atoms with E-state index in [4.69, 9.17) is 12.6 Å². The van der Waals surface area contributed by atoms with Crippen LogP contribution >= 0.6 is 12.6 Å². The Bertz CT molecular complexity index is 3030. The van der Waals surface area contributed by atoms with Gasteiger partial charge in [0.25, 0.3) is 27.7 Å². The van der Waals surface area contributed by atoms with Crippen LogP contribution < -0.4 is 25.2 Å². The zero-order valence-electron chi connectivity index (χ0n) is 47.7. The molecule has 16 nitrogen and oxygen atoms in total. The maximum Gasteiger partial charge on any atom is 0.264 e. The molecule has 4 aliphatic heterocycles. The lowest BCUT2D eigenvalue weighted by Gasteiger charge is -2.73. The average Bonchev–Trinajstić information content (AvgIpc) is 3.52. The van der Waals surface area contributed by atoms with Crippen molar-refractivity contribution in [1.82, 2.24) is 29.6 Å². The number of carbonyl (C=O) groups is 5. The molecule has 4 aliphatic carbocycles. The molecule has 3 aromatic rings. The van der Waals surface area contributed by atoms with Crippen LogP contribution in [-0.2, 0) is 19.6 Å². The van der Waals surface area contributed by atoms with Crippen LogP contribution in [0.2, 0.25) is 0 Å². The molecule has 18 heteroatoms. The molecule has 3 N–H and O–H groups in total. The first-order valence-electron chi connectivity index (χ1n) is 29.4. The Morgan fingerprint density at radius 1 is 0.863 bits per heavy atom. The van der Waals surface area contributed by atoms with E-state index in [-0.39, 0.29) is 45.6 Å². The Kier molecular flexibility index (Phi) is 16.9. The number of benzene rings is 3. The summed E-state index contributed by atoms with van der Waals surface area (Å²) in [7, 11) is -2.16. The van der Waals surface area contributed by atoms with Crippen LogP contribution in [0.4, 0.5) is 17.1 Å². The highest BCUT2D eigenvalue weighted by molar-refractivity contribution is 7.90. The fourth-order valence-electron chi connectivity index (χ4n) is 14.2. The van der Waals surface area contributed by atoms with Crippen molar-refractivity contribution >= 4 is 69.3 Å². The second kappa shape index (κ2) is 23.4. The van der Waals surface area contributed by atoms with Crippen LogP contribution in [-0.4, -0.2) is 149 Å². The van der Waals surface area contributed by atoms with E-state index < -0.39 is 39.7 Å². The van der Waals surface area contributed by atoms with Crippen LogP contribution in [0.15, 0.2) is 93.9 Å². The number of fused-ring (bicyclic) bond motifs is 1. The number of anilines is 3. The van der Waals surface area contributed by atoms with Crippen LogP contribution in [0, 0.1) is 16.2 Å². The van der Waals surface area contributed by atoms with Gasteiger partial charge in [-0.2, -0.15) is 0 Å². The molecular formula is C62H83N9O7S2. The number of piperidine rings is 1. The molecule has 2 atom stereocenters. The number of imide groups is 1. The van der Waals surface area contributed by atoms with Crippen molar-refractivity contribution in [2.24, 2.45) is 16.2 Å². The highest BCUT2D eigenvalue weighted by atomic mass is 32.2. The minimum atomic E-state index is -4.18. The van der Waals surface area contributed by atoms with E-state index in [1.165, 1.54) is 57.1 Å². The smallest absolute Gasteiger partial charge is 0.264 e. The summed E-state index contributed by atoms with van der Waals surface area (Å²) < 4.78 is 29.5. The molecule has 11 rings (SSSR count). The SMILES string of the molecule is C=C1CCC(N2C(=O)c3cccc(NC(=O)CCCCN4CCN(CCC(CC)N(C)c5ccc(S(=O)(=O)NC(=O)c6ccc(N7CCN(CC8=C(C9%10CC(CC)(C9)C%10)CC(C)(C)CC8)CC7)cc6)cc5S)CC4)c3C2=O)C(=O)N1. The third-order valence-electron chi connectivity index (χ3n) is 19.1. The van der Waals surface area contributed by atoms with Crippen LogP contribution in [0.1, 0.15) is 149 Å². The summed E-state index contributed by atoms with van der Waals surface area (Å²) in [5.41, 5.74) is 8.34. The number of rotatable bonds is 21. The van der Waals surface area contributed by atoms with Crippen molar-refractivity contribution in [3.05, 3.63) is 101 Å². The molecule has 0 radical (unpaired) electrons. The van der Waals surface area contributed by atoms with Gasteiger partial charge in [-0.05, 0) is 154 Å². The number of allylic oxidation sites excluding steroid dienone is 2. The standard InChI is InChI=1S/C62H83N9O7S2/c1-7-45(24-27-68-30-28-67(29-31-68)26-10-9-14-54(72)64-50-13-11-12-48-55(50)59(76)71(58(48)75)52-21-15-42(3)63-57(52)74)66(6)51-22-20-47(36-53(51)79)80(77,78)65-56(73)43-16-18-46(19-17-43)70-34-32-69(33-35-70)38-44-23-25-60(4,5)37-49(44)62-39-61(8-2,40-62)41-62/h11-13,16-20,22,36,45,52,79H,3,7-10,14-15,21,23-35,37-41H2,1-2,4-6H3,(H,63,74)(H,64,72)(H,65,73). The first-order valence-corrected chi connectivity index (χ1v) is 31.3. The molecule has 80 heavy (non-hydrogen) atoms. The Morgan fingerprint density at radius 2 is 1.55 bits per heavy atom. The van der Waals surface area contributed by atoms with Crippen molar-refractivity contribution in [1.29, 1.82) is 0 Å². The molecule has 0 spiro atoms. The average molecular weight is 1130 g/mol. The second-order valence-electron chi connectivity index (χ2n) is 25.0. The number of hydrogen-bond acceptors (Lipinski definition) is 13. The largest absolute Gasteiger partial charge is 0.371 e. The molecule has 3 aromatic carbocycles. The Labute approximate surface area is 479 Å². The number of nitrogens with one attached hydrogen (secondary N) is 3. The van der Waals surface area contributed by atoms with E-state index in [9.17, 15) is 32.4 Å². The zero-order valence-corrected chi connectivity index (χ0v) is 49.4. The molecule has 0 aromatic heterocycles. The summed E-state index contributed by atoms with van der Waals surface area (Å²) in [6, 6.07) is 16.2. The lowest BCUT2D eigenvalue weighted by molar-refractivity contribution is -0.182. The van der Waals surface area contributed by atoms with Crippen LogP contribution in [0.3, 0.4) is 0 Å². The summed E-state index contributed by atoms with van der Waals surface area (Å²) >= 11 is 4.76. The molecule has 4 heterocycles. The Hall–Kier alpha value is -5.53. The summed E-state index contributed by atoms with van der Waals surface area (Å²) in [6.07, 6.45) is 13.6. The van der Waals surface area contributed by atoms with E-state index in [1.54, 1.807) is 42.0 Å². The van der Waals surface area contributed by atoms with Gasteiger partial charge in [-0.1, -0.05) is 57.9 Å². The number of hydrogen-bond donors (Lipinski definition) is 4.